The van der Waals surface area contributed by atoms with Crippen LogP contribution in [-0.4, -0.2) is 17.3 Å². The SMILES string of the molecule is COc1cc(C)ccc1-c1noc(-c2cc(C)sc2N)n1. The fourth-order valence-corrected chi connectivity index (χ4v) is 2.90. The molecule has 2 heterocycles. The lowest BCUT2D eigenvalue weighted by molar-refractivity contribution is 0.413. The molecule has 5 nitrogen and oxygen atoms in total. The Balaban J connectivity index is 2.04. The van der Waals surface area contributed by atoms with Gasteiger partial charge in [-0.05, 0) is 37.6 Å². The fourth-order valence-electron chi connectivity index (χ4n) is 2.12. The molecule has 0 aliphatic carbocycles. The normalized spacial score (nSPS) is 10.8. The molecule has 0 saturated carbocycles. The van der Waals surface area contributed by atoms with Crippen LogP contribution < -0.4 is 10.5 Å². The maximum atomic E-state index is 5.96. The molecule has 2 aromatic heterocycles. The highest BCUT2D eigenvalue weighted by Gasteiger charge is 2.17. The lowest BCUT2D eigenvalue weighted by Gasteiger charge is -2.05. The molecule has 108 valence electrons. The zero-order valence-electron chi connectivity index (χ0n) is 12.0. The van der Waals surface area contributed by atoms with Crippen LogP contribution in [0.25, 0.3) is 22.8 Å². The van der Waals surface area contributed by atoms with Crippen molar-refractivity contribution in [2.45, 2.75) is 13.8 Å². The molecular formula is C15H15N3O2S. The Morgan fingerprint density at radius 3 is 2.67 bits per heavy atom. The van der Waals surface area contributed by atoms with E-state index in [1.54, 1.807) is 7.11 Å². The maximum Gasteiger partial charge on any atom is 0.261 e. The van der Waals surface area contributed by atoms with Gasteiger partial charge in [0.05, 0.1) is 23.2 Å². The molecule has 0 atom stereocenters. The second kappa shape index (κ2) is 5.21. The minimum absolute atomic E-state index is 0.425. The van der Waals surface area contributed by atoms with Crippen LogP contribution in [0.15, 0.2) is 28.8 Å². The van der Waals surface area contributed by atoms with E-state index in [2.05, 4.69) is 10.1 Å². The van der Waals surface area contributed by atoms with E-state index in [-0.39, 0.29) is 0 Å². The molecule has 6 heteroatoms. The van der Waals surface area contributed by atoms with Crippen molar-refractivity contribution in [1.29, 1.82) is 0 Å². The number of nitrogen functional groups attached to an aromatic ring is 1. The second-order valence-electron chi connectivity index (χ2n) is 4.76. The Morgan fingerprint density at radius 2 is 2.00 bits per heavy atom. The number of hydrogen-bond donors (Lipinski definition) is 1. The standard InChI is InChI=1S/C15H15N3O2S/c1-8-4-5-10(12(6-8)19-3)14-17-15(20-18-14)11-7-9(2)21-13(11)16/h4-7H,16H2,1-3H3. The van der Waals surface area contributed by atoms with Gasteiger partial charge in [0.2, 0.25) is 5.82 Å². The van der Waals surface area contributed by atoms with Gasteiger partial charge in [0.25, 0.3) is 5.89 Å². The van der Waals surface area contributed by atoms with Gasteiger partial charge in [-0.3, -0.25) is 0 Å². The zero-order chi connectivity index (χ0) is 15.0. The summed E-state index contributed by atoms with van der Waals surface area (Å²) in [5, 5.41) is 4.71. The first-order valence-electron chi connectivity index (χ1n) is 6.43. The average molecular weight is 301 g/mol. The predicted octanol–water partition coefficient (Wildman–Crippen LogP) is 3.67. The lowest BCUT2D eigenvalue weighted by Crippen LogP contribution is -1.90. The van der Waals surface area contributed by atoms with Crippen LogP contribution in [0.1, 0.15) is 10.4 Å². The summed E-state index contributed by atoms with van der Waals surface area (Å²) in [6.45, 7) is 3.99. The quantitative estimate of drug-likeness (QED) is 0.799. The van der Waals surface area contributed by atoms with Crippen molar-refractivity contribution >= 4 is 16.3 Å². The number of benzene rings is 1. The topological polar surface area (TPSA) is 74.2 Å². The van der Waals surface area contributed by atoms with Crippen LogP contribution in [-0.2, 0) is 0 Å². The summed E-state index contributed by atoms with van der Waals surface area (Å²) >= 11 is 1.50. The number of aryl methyl sites for hydroxylation is 2. The van der Waals surface area contributed by atoms with Gasteiger partial charge in [-0.15, -0.1) is 11.3 Å². The lowest BCUT2D eigenvalue weighted by atomic mass is 10.1. The second-order valence-corrected chi connectivity index (χ2v) is 6.05. The van der Waals surface area contributed by atoms with E-state index in [9.17, 15) is 0 Å². The number of nitrogens with zero attached hydrogens (tertiary/aromatic N) is 2. The van der Waals surface area contributed by atoms with Gasteiger partial charge in [0, 0.05) is 4.88 Å². The molecule has 0 saturated heterocycles. The number of aromatic nitrogens is 2. The Bertz CT molecular complexity index is 792. The fraction of sp³-hybridized carbons (Fsp3) is 0.200. The van der Waals surface area contributed by atoms with Crippen molar-refractivity contribution in [3.05, 3.63) is 34.7 Å². The van der Waals surface area contributed by atoms with Crippen molar-refractivity contribution in [3.8, 4) is 28.6 Å². The Hall–Kier alpha value is -2.34. The van der Waals surface area contributed by atoms with E-state index >= 15 is 0 Å². The molecular weight excluding hydrogens is 286 g/mol. The third kappa shape index (κ3) is 2.50. The molecule has 0 aliphatic rings. The van der Waals surface area contributed by atoms with E-state index < -0.39 is 0 Å². The van der Waals surface area contributed by atoms with Crippen LogP contribution in [0.5, 0.6) is 5.75 Å². The molecule has 2 N–H and O–H groups in total. The third-order valence-corrected chi connectivity index (χ3v) is 4.02. The highest BCUT2D eigenvalue weighted by Crippen LogP contribution is 2.35. The average Bonchev–Trinajstić information content (AvgIpc) is 3.05. The highest BCUT2D eigenvalue weighted by atomic mass is 32.1. The largest absolute Gasteiger partial charge is 0.496 e. The first-order chi connectivity index (χ1) is 10.1. The number of thiophene rings is 1. The van der Waals surface area contributed by atoms with Crippen molar-refractivity contribution < 1.29 is 9.26 Å². The van der Waals surface area contributed by atoms with Gasteiger partial charge in [-0.1, -0.05) is 11.2 Å². The van der Waals surface area contributed by atoms with Crippen molar-refractivity contribution in [2.24, 2.45) is 0 Å². The smallest absolute Gasteiger partial charge is 0.261 e. The summed E-state index contributed by atoms with van der Waals surface area (Å²) < 4.78 is 10.7. The summed E-state index contributed by atoms with van der Waals surface area (Å²) in [7, 11) is 1.62. The molecule has 0 unspecified atom stereocenters. The Morgan fingerprint density at radius 1 is 1.19 bits per heavy atom. The van der Waals surface area contributed by atoms with Gasteiger partial charge >= 0.3 is 0 Å². The van der Waals surface area contributed by atoms with Crippen LogP contribution in [0, 0.1) is 13.8 Å². The molecule has 3 rings (SSSR count). The summed E-state index contributed by atoms with van der Waals surface area (Å²) in [5.41, 5.74) is 8.65. The van der Waals surface area contributed by atoms with Crippen LogP contribution >= 0.6 is 11.3 Å². The molecule has 0 aliphatic heterocycles. The Labute approximate surface area is 126 Å². The van der Waals surface area contributed by atoms with E-state index in [1.165, 1.54) is 11.3 Å². The molecule has 0 bridgehead atoms. The summed E-state index contributed by atoms with van der Waals surface area (Å²) in [6, 6.07) is 7.79. The predicted molar refractivity (Wildman–Crippen MR) is 83.5 cm³/mol. The van der Waals surface area contributed by atoms with Crippen molar-refractivity contribution in [1.82, 2.24) is 10.1 Å². The minimum Gasteiger partial charge on any atom is -0.496 e. The molecule has 0 amide bonds. The van der Waals surface area contributed by atoms with Crippen LogP contribution in [0.3, 0.4) is 0 Å². The molecule has 3 aromatic rings. The number of nitrogens with two attached hydrogens (primary N) is 1. The molecule has 0 spiro atoms. The van der Waals surface area contributed by atoms with E-state index in [0.29, 0.717) is 16.7 Å². The highest BCUT2D eigenvalue weighted by molar-refractivity contribution is 7.16. The van der Waals surface area contributed by atoms with Crippen molar-refractivity contribution in [3.63, 3.8) is 0 Å². The zero-order valence-corrected chi connectivity index (χ0v) is 12.8. The van der Waals surface area contributed by atoms with Gasteiger partial charge < -0.3 is 15.0 Å². The van der Waals surface area contributed by atoms with Gasteiger partial charge in [-0.2, -0.15) is 4.98 Å². The molecule has 21 heavy (non-hydrogen) atoms. The maximum absolute atomic E-state index is 5.96. The van der Waals surface area contributed by atoms with E-state index in [0.717, 1.165) is 27.3 Å². The monoisotopic (exact) mass is 301 g/mol. The van der Waals surface area contributed by atoms with Crippen LogP contribution in [0.4, 0.5) is 5.00 Å². The number of hydrogen-bond acceptors (Lipinski definition) is 6. The molecule has 1 aromatic carbocycles. The van der Waals surface area contributed by atoms with Crippen LogP contribution in [0.2, 0.25) is 0 Å². The first-order valence-corrected chi connectivity index (χ1v) is 7.25. The van der Waals surface area contributed by atoms with E-state index in [1.807, 2.05) is 38.1 Å². The summed E-state index contributed by atoms with van der Waals surface area (Å²) in [4.78, 5) is 5.54. The number of rotatable bonds is 3. The molecule has 0 radical (unpaired) electrons. The first kappa shape index (κ1) is 13.6. The van der Waals surface area contributed by atoms with Gasteiger partial charge in [0.1, 0.15) is 5.75 Å². The minimum atomic E-state index is 0.425. The summed E-state index contributed by atoms with van der Waals surface area (Å²) in [5.74, 6) is 1.64. The van der Waals surface area contributed by atoms with Gasteiger partial charge in [-0.25, -0.2) is 0 Å². The summed E-state index contributed by atoms with van der Waals surface area (Å²) in [6.07, 6.45) is 0. The van der Waals surface area contributed by atoms with E-state index in [4.69, 9.17) is 15.0 Å². The Kier molecular flexibility index (Phi) is 3.39. The van der Waals surface area contributed by atoms with Crippen molar-refractivity contribution in [2.75, 3.05) is 12.8 Å². The number of anilines is 1. The number of ether oxygens (including phenoxy) is 1. The molecule has 0 fully saturated rings. The third-order valence-electron chi connectivity index (χ3n) is 3.14. The van der Waals surface area contributed by atoms with Gasteiger partial charge in [0.15, 0.2) is 0 Å². The number of methoxy groups -OCH3 is 1.